The van der Waals surface area contributed by atoms with E-state index in [1.807, 2.05) is 58.0 Å². The lowest BCUT2D eigenvalue weighted by Gasteiger charge is -2.37. The summed E-state index contributed by atoms with van der Waals surface area (Å²) in [6, 6.07) is 6.46. The van der Waals surface area contributed by atoms with E-state index in [0.29, 0.717) is 25.9 Å². The van der Waals surface area contributed by atoms with Crippen molar-refractivity contribution >= 4 is 30.0 Å². The van der Waals surface area contributed by atoms with Crippen LogP contribution in [0.15, 0.2) is 30.3 Å². The highest BCUT2D eigenvalue weighted by Gasteiger charge is 2.37. The van der Waals surface area contributed by atoms with Crippen molar-refractivity contribution < 1.29 is 38.2 Å². The molecule has 5 N–H and O–H groups in total. The summed E-state index contributed by atoms with van der Waals surface area (Å²) in [5.74, 6) is -1.60. The molecule has 14 nitrogen and oxygen atoms in total. The Morgan fingerprint density at radius 3 is 1.94 bits per heavy atom. The molecular formula is C36H58N6O8. The molecule has 3 rings (SSSR count). The number of alkyl carbamates (subject to hydrolysis) is 2. The number of carbonyl (C=O) groups is 5. The van der Waals surface area contributed by atoms with Crippen molar-refractivity contribution in [1.29, 1.82) is 0 Å². The van der Waals surface area contributed by atoms with Gasteiger partial charge < -0.3 is 35.5 Å². The van der Waals surface area contributed by atoms with Gasteiger partial charge in [0.2, 0.25) is 5.91 Å². The molecule has 4 amide bonds. The van der Waals surface area contributed by atoms with E-state index in [2.05, 4.69) is 26.7 Å². The Labute approximate surface area is 296 Å². The number of hydrogen-bond donors (Lipinski definition) is 5. The molecule has 1 aromatic rings. The molecule has 1 unspecified atom stereocenters. The summed E-state index contributed by atoms with van der Waals surface area (Å²) in [7, 11) is 2.47. The van der Waals surface area contributed by atoms with E-state index in [1.54, 1.807) is 5.01 Å². The van der Waals surface area contributed by atoms with Crippen LogP contribution in [0.5, 0.6) is 0 Å². The molecule has 0 aromatic heterocycles. The minimum Gasteiger partial charge on any atom is -0.458 e. The van der Waals surface area contributed by atoms with Crippen LogP contribution >= 0.6 is 0 Å². The van der Waals surface area contributed by atoms with Gasteiger partial charge in [-0.15, -0.1) is 0 Å². The van der Waals surface area contributed by atoms with Gasteiger partial charge in [-0.2, -0.15) is 0 Å². The van der Waals surface area contributed by atoms with Crippen molar-refractivity contribution in [3.8, 4) is 0 Å². The van der Waals surface area contributed by atoms with Crippen LogP contribution in [-0.4, -0.2) is 99.1 Å². The first-order valence-corrected chi connectivity index (χ1v) is 17.9. The van der Waals surface area contributed by atoms with Gasteiger partial charge in [0.1, 0.15) is 24.2 Å². The summed E-state index contributed by atoms with van der Waals surface area (Å²) in [6.07, 6.45) is 4.64. The molecular weight excluding hydrogens is 644 g/mol. The van der Waals surface area contributed by atoms with Crippen molar-refractivity contribution in [2.24, 2.45) is 17.8 Å². The van der Waals surface area contributed by atoms with Crippen LogP contribution in [0.4, 0.5) is 9.59 Å². The van der Waals surface area contributed by atoms with E-state index >= 15 is 0 Å². The second-order valence-corrected chi connectivity index (χ2v) is 14.0. The molecule has 0 spiro atoms. The van der Waals surface area contributed by atoms with E-state index in [-0.39, 0.29) is 24.3 Å². The molecule has 14 heteroatoms. The maximum atomic E-state index is 13.9. The Balaban J connectivity index is 2.01. The van der Waals surface area contributed by atoms with Crippen LogP contribution in [0.1, 0.15) is 78.2 Å². The Morgan fingerprint density at radius 1 is 0.800 bits per heavy atom. The van der Waals surface area contributed by atoms with Crippen molar-refractivity contribution in [1.82, 2.24) is 31.7 Å². The highest BCUT2D eigenvalue weighted by molar-refractivity contribution is 5.86. The molecule has 1 aromatic carbocycles. The number of amides is 4. The monoisotopic (exact) mass is 702 g/mol. The molecule has 1 heterocycles. The van der Waals surface area contributed by atoms with Crippen LogP contribution < -0.4 is 26.7 Å². The number of methoxy groups -OCH3 is 2. The normalized spacial score (nSPS) is 18.9. The van der Waals surface area contributed by atoms with Gasteiger partial charge in [0.05, 0.1) is 26.8 Å². The third kappa shape index (κ3) is 13.1. The Morgan fingerprint density at radius 2 is 1.40 bits per heavy atom. The van der Waals surface area contributed by atoms with Gasteiger partial charge in [-0.25, -0.2) is 14.6 Å². The standard InChI is InChI=1S/C36H58N6O8/c1-23(2)30(39-35(46)48-5)32(43)38-28(20-25-14-9-7-10-15-25)29(50-34(45)27-18-13-19-37-27)22-42(21-26-16-11-8-12-17-26)41-33(44)31(24(3)4)40-36(47)49-6/h7,9-10,14-15,23-24,26-31,37H,8,11-13,16-22H2,1-6H3,(H,38,43)(H,39,46)(H,40,47)(H,41,44)/t27?,28-,29-,30-,31-/m0/s1. The average Bonchev–Trinajstić information content (AvgIpc) is 3.65. The van der Waals surface area contributed by atoms with E-state index < -0.39 is 60.2 Å². The third-order valence-electron chi connectivity index (χ3n) is 9.37. The van der Waals surface area contributed by atoms with Crippen molar-refractivity contribution in [3.05, 3.63) is 35.9 Å². The first-order valence-electron chi connectivity index (χ1n) is 17.9. The molecule has 2 aliphatic rings. The van der Waals surface area contributed by atoms with Gasteiger partial charge in [0.25, 0.3) is 5.91 Å². The lowest BCUT2D eigenvalue weighted by molar-refractivity contribution is -0.156. The fourth-order valence-corrected chi connectivity index (χ4v) is 6.51. The van der Waals surface area contributed by atoms with E-state index in [1.165, 1.54) is 14.2 Å². The largest absolute Gasteiger partial charge is 0.458 e. The van der Waals surface area contributed by atoms with E-state index in [9.17, 15) is 24.0 Å². The summed E-state index contributed by atoms with van der Waals surface area (Å²) >= 11 is 0. The number of hydrazine groups is 1. The Hall–Kier alpha value is -3.91. The summed E-state index contributed by atoms with van der Waals surface area (Å²) in [4.78, 5) is 65.6. The third-order valence-corrected chi connectivity index (χ3v) is 9.37. The van der Waals surface area contributed by atoms with Gasteiger partial charge in [-0.1, -0.05) is 77.3 Å². The van der Waals surface area contributed by atoms with Crippen LogP contribution in [-0.2, 0) is 35.0 Å². The predicted molar refractivity (Wildman–Crippen MR) is 188 cm³/mol. The average molecular weight is 703 g/mol. The molecule has 1 aliphatic carbocycles. The van der Waals surface area contributed by atoms with Gasteiger partial charge >= 0.3 is 18.2 Å². The molecule has 5 atom stereocenters. The van der Waals surface area contributed by atoms with Crippen molar-refractivity contribution in [3.63, 3.8) is 0 Å². The first-order chi connectivity index (χ1) is 23.9. The van der Waals surface area contributed by atoms with E-state index in [0.717, 1.165) is 44.1 Å². The summed E-state index contributed by atoms with van der Waals surface area (Å²) in [5.41, 5.74) is 3.92. The van der Waals surface area contributed by atoms with Crippen LogP contribution in [0.25, 0.3) is 0 Å². The first kappa shape index (κ1) is 40.5. The zero-order chi connectivity index (χ0) is 36.6. The van der Waals surface area contributed by atoms with Gasteiger partial charge in [-0.05, 0) is 62.0 Å². The predicted octanol–water partition coefficient (Wildman–Crippen LogP) is 3.05. The molecule has 280 valence electrons. The minimum atomic E-state index is -0.928. The maximum Gasteiger partial charge on any atom is 0.407 e. The van der Waals surface area contributed by atoms with E-state index in [4.69, 9.17) is 14.2 Å². The van der Waals surface area contributed by atoms with Crippen molar-refractivity contribution in [2.75, 3.05) is 33.9 Å². The summed E-state index contributed by atoms with van der Waals surface area (Å²) < 4.78 is 15.8. The SMILES string of the molecule is COC(=O)N[C@H](C(=O)N[C@@H](Cc1ccccc1)[C@H](CN(CC1CCCCC1)NC(=O)[C@@H](NC(=O)OC)C(C)C)OC(=O)C1CCCN1)C(C)C. The lowest BCUT2D eigenvalue weighted by atomic mass is 9.89. The molecule has 1 saturated heterocycles. The number of nitrogens with one attached hydrogen (secondary N) is 5. The molecule has 0 radical (unpaired) electrons. The Bertz CT molecular complexity index is 1240. The highest BCUT2D eigenvalue weighted by atomic mass is 16.6. The topological polar surface area (TPSA) is 176 Å². The van der Waals surface area contributed by atoms with Gasteiger partial charge in [0, 0.05) is 6.54 Å². The van der Waals surface area contributed by atoms with Crippen molar-refractivity contribution in [2.45, 2.75) is 109 Å². The number of ether oxygens (including phenoxy) is 3. The molecule has 0 bridgehead atoms. The summed E-state index contributed by atoms with van der Waals surface area (Å²) in [6.45, 7) is 8.49. The second-order valence-electron chi connectivity index (χ2n) is 14.0. The second kappa shape index (κ2) is 20.7. The summed E-state index contributed by atoms with van der Waals surface area (Å²) in [5, 5.41) is 13.3. The van der Waals surface area contributed by atoms with Gasteiger partial charge in [0.15, 0.2) is 0 Å². The number of esters is 1. The number of hydrogen-bond acceptors (Lipinski definition) is 10. The number of nitrogens with zero attached hydrogens (tertiary/aromatic N) is 1. The number of rotatable bonds is 17. The minimum absolute atomic E-state index is 0.0539. The van der Waals surface area contributed by atoms with Crippen LogP contribution in [0.2, 0.25) is 0 Å². The molecule has 50 heavy (non-hydrogen) atoms. The Kier molecular flexibility index (Phi) is 16.8. The zero-order valence-electron chi connectivity index (χ0n) is 30.5. The molecule has 2 fully saturated rings. The number of carbonyl (C=O) groups excluding carboxylic acids is 5. The van der Waals surface area contributed by atoms with Gasteiger partial charge in [-0.3, -0.25) is 19.8 Å². The molecule has 1 aliphatic heterocycles. The fraction of sp³-hybridized carbons (Fsp3) is 0.694. The van der Waals surface area contributed by atoms with Crippen LogP contribution in [0, 0.1) is 17.8 Å². The maximum absolute atomic E-state index is 13.9. The molecule has 1 saturated carbocycles. The lowest BCUT2D eigenvalue weighted by Crippen LogP contribution is -2.61. The quantitative estimate of drug-likeness (QED) is 0.0922. The smallest absolute Gasteiger partial charge is 0.407 e. The number of benzene rings is 1. The highest BCUT2D eigenvalue weighted by Crippen LogP contribution is 2.25. The zero-order valence-corrected chi connectivity index (χ0v) is 30.5. The van der Waals surface area contributed by atoms with Crippen LogP contribution in [0.3, 0.4) is 0 Å². The fourth-order valence-electron chi connectivity index (χ4n) is 6.51.